The summed E-state index contributed by atoms with van der Waals surface area (Å²) in [5.41, 5.74) is 1.62. The molecule has 0 radical (unpaired) electrons. The number of nitrogens with zero attached hydrogens (tertiary/aromatic N) is 3. The maximum Gasteiger partial charge on any atom is 0.259 e. The average Bonchev–Trinajstić information content (AvgIpc) is 3.12. The van der Waals surface area contributed by atoms with Crippen LogP contribution in [0.3, 0.4) is 0 Å². The normalized spacial score (nSPS) is 16.9. The molecule has 2 aromatic rings. The standard InChI is InChI=1S/C18H22N4O2/c1-3-24-17-14(6-4-9-21-17)18(23)22-11-5-7-15(22)13-8-10-20-16(12-13)19-2/h4,6,8-10,12,15H,3,5,7,11H2,1-2H3,(H,19,20)/t15-/m1/s1. The lowest BCUT2D eigenvalue weighted by Gasteiger charge is -2.26. The van der Waals surface area contributed by atoms with Crippen molar-refractivity contribution in [2.75, 3.05) is 25.5 Å². The first kappa shape index (κ1) is 16.2. The second-order valence-corrected chi connectivity index (χ2v) is 5.67. The van der Waals surface area contributed by atoms with Gasteiger partial charge in [0.1, 0.15) is 11.4 Å². The number of nitrogens with one attached hydrogen (secondary N) is 1. The van der Waals surface area contributed by atoms with Crippen molar-refractivity contribution in [3.05, 3.63) is 47.8 Å². The molecule has 1 atom stereocenters. The predicted molar refractivity (Wildman–Crippen MR) is 92.2 cm³/mol. The Labute approximate surface area is 141 Å². The monoisotopic (exact) mass is 326 g/mol. The summed E-state index contributed by atoms with van der Waals surface area (Å²) in [6.45, 7) is 3.11. The summed E-state index contributed by atoms with van der Waals surface area (Å²) in [6.07, 6.45) is 5.35. The predicted octanol–water partition coefficient (Wildman–Crippen LogP) is 2.89. The van der Waals surface area contributed by atoms with Crippen LogP contribution in [-0.2, 0) is 0 Å². The number of anilines is 1. The van der Waals surface area contributed by atoms with Gasteiger partial charge < -0.3 is 15.0 Å². The number of ether oxygens (including phenoxy) is 1. The molecule has 1 aliphatic heterocycles. The topological polar surface area (TPSA) is 67.3 Å². The van der Waals surface area contributed by atoms with Gasteiger partial charge >= 0.3 is 0 Å². The highest BCUT2D eigenvalue weighted by atomic mass is 16.5. The van der Waals surface area contributed by atoms with Gasteiger partial charge in [-0.2, -0.15) is 0 Å². The van der Waals surface area contributed by atoms with Crippen molar-refractivity contribution in [2.45, 2.75) is 25.8 Å². The Kier molecular flexibility index (Phi) is 4.93. The number of hydrogen-bond donors (Lipinski definition) is 1. The molecular weight excluding hydrogens is 304 g/mol. The second kappa shape index (κ2) is 7.29. The van der Waals surface area contributed by atoms with Gasteiger partial charge in [0.05, 0.1) is 12.6 Å². The fourth-order valence-corrected chi connectivity index (χ4v) is 3.11. The fraction of sp³-hybridized carbons (Fsp3) is 0.389. The maximum absolute atomic E-state index is 13.1. The number of amides is 1. The third-order valence-corrected chi connectivity index (χ3v) is 4.22. The van der Waals surface area contributed by atoms with E-state index >= 15 is 0 Å². The van der Waals surface area contributed by atoms with Gasteiger partial charge in [-0.3, -0.25) is 4.79 Å². The van der Waals surface area contributed by atoms with E-state index in [1.165, 1.54) is 0 Å². The fourth-order valence-electron chi connectivity index (χ4n) is 3.11. The molecule has 1 saturated heterocycles. The van der Waals surface area contributed by atoms with Crippen LogP contribution in [0.1, 0.15) is 41.7 Å². The van der Waals surface area contributed by atoms with Gasteiger partial charge in [0, 0.05) is 26.0 Å². The summed E-state index contributed by atoms with van der Waals surface area (Å²) in [5, 5.41) is 3.05. The van der Waals surface area contributed by atoms with Crippen LogP contribution in [0.2, 0.25) is 0 Å². The van der Waals surface area contributed by atoms with E-state index in [0.717, 1.165) is 30.8 Å². The Bertz CT molecular complexity index is 720. The third kappa shape index (κ3) is 3.18. The Balaban J connectivity index is 1.89. The minimum absolute atomic E-state index is 0.0307. The first-order valence-corrected chi connectivity index (χ1v) is 8.27. The van der Waals surface area contributed by atoms with E-state index < -0.39 is 0 Å². The van der Waals surface area contributed by atoms with E-state index in [-0.39, 0.29) is 11.9 Å². The molecule has 3 rings (SSSR count). The van der Waals surface area contributed by atoms with Crippen LogP contribution in [0.5, 0.6) is 5.88 Å². The van der Waals surface area contributed by atoms with Gasteiger partial charge in [0.25, 0.3) is 5.91 Å². The molecule has 0 aliphatic carbocycles. The number of likely N-dealkylation sites (tertiary alicyclic amines) is 1. The van der Waals surface area contributed by atoms with E-state index in [2.05, 4.69) is 15.3 Å². The Morgan fingerprint density at radius 3 is 3.04 bits per heavy atom. The molecule has 0 aromatic carbocycles. The Hall–Kier alpha value is -2.63. The Morgan fingerprint density at radius 2 is 2.25 bits per heavy atom. The maximum atomic E-state index is 13.1. The van der Waals surface area contributed by atoms with Crippen LogP contribution in [0.25, 0.3) is 0 Å². The largest absolute Gasteiger partial charge is 0.477 e. The van der Waals surface area contributed by atoms with Crippen LogP contribution in [0, 0.1) is 0 Å². The summed E-state index contributed by atoms with van der Waals surface area (Å²) < 4.78 is 5.52. The average molecular weight is 326 g/mol. The summed E-state index contributed by atoms with van der Waals surface area (Å²) >= 11 is 0. The molecule has 0 bridgehead atoms. The van der Waals surface area contributed by atoms with Crippen LogP contribution < -0.4 is 10.1 Å². The molecule has 1 amide bonds. The first-order valence-electron chi connectivity index (χ1n) is 8.27. The van der Waals surface area contributed by atoms with Crippen LogP contribution in [0.4, 0.5) is 5.82 Å². The second-order valence-electron chi connectivity index (χ2n) is 5.67. The zero-order valence-corrected chi connectivity index (χ0v) is 14.0. The molecular formula is C18H22N4O2. The molecule has 0 unspecified atom stereocenters. The summed E-state index contributed by atoms with van der Waals surface area (Å²) in [5.74, 6) is 1.18. The van der Waals surface area contributed by atoms with Crippen molar-refractivity contribution >= 4 is 11.7 Å². The Morgan fingerprint density at radius 1 is 1.38 bits per heavy atom. The number of pyridine rings is 2. The molecule has 126 valence electrons. The molecule has 1 fully saturated rings. The summed E-state index contributed by atoms with van der Waals surface area (Å²) in [7, 11) is 1.84. The molecule has 3 heterocycles. The van der Waals surface area contributed by atoms with E-state index in [9.17, 15) is 4.79 Å². The minimum Gasteiger partial charge on any atom is -0.477 e. The van der Waals surface area contributed by atoms with Crippen molar-refractivity contribution in [3.63, 3.8) is 0 Å². The van der Waals surface area contributed by atoms with Crippen molar-refractivity contribution in [1.82, 2.24) is 14.9 Å². The van der Waals surface area contributed by atoms with Gasteiger partial charge in [-0.25, -0.2) is 9.97 Å². The van der Waals surface area contributed by atoms with Gasteiger partial charge in [0.15, 0.2) is 0 Å². The minimum atomic E-state index is -0.0307. The number of hydrogen-bond acceptors (Lipinski definition) is 5. The number of carbonyl (C=O) groups is 1. The highest BCUT2D eigenvalue weighted by Gasteiger charge is 2.32. The summed E-state index contributed by atoms with van der Waals surface area (Å²) in [4.78, 5) is 23.4. The van der Waals surface area contributed by atoms with Crippen LogP contribution in [0.15, 0.2) is 36.7 Å². The lowest BCUT2D eigenvalue weighted by atomic mass is 10.1. The quantitative estimate of drug-likeness (QED) is 0.915. The molecule has 1 N–H and O–H groups in total. The molecule has 0 spiro atoms. The lowest BCUT2D eigenvalue weighted by molar-refractivity contribution is 0.0730. The molecule has 6 nitrogen and oxygen atoms in total. The van der Waals surface area contributed by atoms with Gasteiger partial charge in [0.2, 0.25) is 5.88 Å². The first-order chi connectivity index (χ1) is 11.7. The van der Waals surface area contributed by atoms with Crippen molar-refractivity contribution in [1.29, 1.82) is 0 Å². The van der Waals surface area contributed by atoms with E-state index in [1.807, 2.05) is 31.0 Å². The van der Waals surface area contributed by atoms with E-state index in [1.54, 1.807) is 24.5 Å². The molecule has 2 aromatic heterocycles. The SMILES string of the molecule is CCOc1ncccc1C(=O)N1CCC[C@@H]1c1ccnc(NC)c1. The number of rotatable bonds is 5. The molecule has 0 saturated carbocycles. The van der Waals surface area contributed by atoms with Gasteiger partial charge in [-0.15, -0.1) is 0 Å². The van der Waals surface area contributed by atoms with Crippen LogP contribution >= 0.6 is 0 Å². The highest BCUT2D eigenvalue weighted by molar-refractivity contribution is 5.96. The zero-order valence-electron chi connectivity index (χ0n) is 14.0. The van der Waals surface area contributed by atoms with E-state index in [0.29, 0.717) is 18.1 Å². The molecule has 24 heavy (non-hydrogen) atoms. The third-order valence-electron chi connectivity index (χ3n) is 4.22. The van der Waals surface area contributed by atoms with Gasteiger partial charge in [-0.05, 0) is 49.6 Å². The van der Waals surface area contributed by atoms with Crippen molar-refractivity contribution in [2.24, 2.45) is 0 Å². The van der Waals surface area contributed by atoms with E-state index in [4.69, 9.17) is 4.74 Å². The highest BCUT2D eigenvalue weighted by Crippen LogP contribution is 2.34. The summed E-state index contributed by atoms with van der Waals surface area (Å²) in [6, 6.07) is 7.59. The van der Waals surface area contributed by atoms with Crippen molar-refractivity contribution in [3.8, 4) is 5.88 Å². The smallest absolute Gasteiger partial charge is 0.259 e. The van der Waals surface area contributed by atoms with Gasteiger partial charge in [-0.1, -0.05) is 0 Å². The van der Waals surface area contributed by atoms with Crippen molar-refractivity contribution < 1.29 is 9.53 Å². The zero-order chi connectivity index (χ0) is 16.9. The lowest BCUT2D eigenvalue weighted by Crippen LogP contribution is -2.31. The van der Waals surface area contributed by atoms with Crippen LogP contribution in [-0.4, -0.2) is 41.0 Å². The molecule has 6 heteroatoms. The number of aromatic nitrogens is 2. The molecule has 1 aliphatic rings. The number of carbonyl (C=O) groups excluding carboxylic acids is 1.